The summed E-state index contributed by atoms with van der Waals surface area (Å²) >= 11 is 6.18. The van der Waals surface area contributed by atoms with Gasteiger partial charge in [-0.1, -0.05) is 29.8 Å². The molecule has 1 fully saturated rings. The highest BCUT2D eigenvalue weighted by molar-refractivity contribution is 6.32. The third kappa shape index (κ3) is 2.82. The Morgan fingerprint density at radius 3 is 2.81 bits per heavy atom. The van der Waals surface area contributed by atoms with Crippen molar-refractivity contribution in [3.8, 4) is 5.75 Å². The first-order valence-corrected chi connectivity index (χ1v) is 8.99. The molecule has 0 spiro atoms. The lowest BCUT2D eigenvalue weighted by atomic mass is 10.1. The van der Waals surface area contributed by atoms with Gasteiger partial charge in [-0.05, 0) is 36.2 Å². The maximum absolute atomic E-state index is 13.0. The van der Waals surface area contributed by atoms with Crippen LogP contribution in [0.5, 0.6) is 5.75 Å². The molecule has 5 nitrogen and oxygen atoms in total. The van der Waals surface area contributed by atoms with E-state index in [0.717, 1.165) is 12.1 Å². The topological polar surface area (TPSA) is 49.9 Å². The van der Waals surface area contributed by atoms with Crippen molar-refractivity contribution in [2.75, 3.05) is 30.0 Å². The fraction of sp³-hybridized carbons (Fsp3) is 0.300. The summed E-state index contributed by atoms with van der Waals surface area (Å²) < 4.78 is 5.15. The fourth-order valence-electron chi connectivity index (χ4n) is 3.73. The molecule has 26 heavy (non-hydrogen) atoms. The molecule has 0 aromatic heterocycles. The molecule has 2 aliphatic heterocycles. The molecular weight excluding hydrogens is 352 g/mol. The minimum Gasteiger partial charge on any atom is -0.495 e. The number of rotatable bonds is 3. The number of fused-ring (bicyclic) bond motifs is 1. The Balaban J connectivity index is 1.53. The summed E-state index contributed by atoms with van der Waals surface area (Å²) in [6, 6.07) is 13.2. The molecule has 1 atom stereocenters. The number of amides is 2. The lowest BCUT2D eigenvalue weighted by molar-refractivity contribution is -0.124. The number of hydrogen-bond acceptors (Lipinski definition) is 3. The second-order valence-corrected chi connectivity index (χ2v) is 7.00. The highest BCUT2D eigenvalue weighted by Gasteiger charge is 2.39. The van der Waals surface area contributed by atoms with Crippen molar-refractivity contribution in [3.05, 3.63) is 53.1 Å². The molecule has 0 aliphatic carbocycles. The normalized spacial score (nSPS) is 19.0. The van der Waals surface area contributed by atoms with Gasteiger partial charge in [0.15, 0.2) is 0 Å². The molecule has 2 heterocycles. The first-order chi connectivity index (χ1) is 12.6. The number of methoxy groups -OCH3 is 1. The monoisotopic (exact) mass is 370 g/mol. The minimum atomic E-state index is -0.338. The van der Waals surface area contributed by atoms with E-state index >= 15 is 0 Å². The summed E-state index contributed by atoms with van der Waals surface area (Å²) in [7, 11) is 1.55. The zero-order valence-corrected chi connectivity index (χ0v) is 15.2. The Hall–Kier alpha value is -2.53. The van der Waals surface area contributed by atoms with Crippen LogP contribution in [0.4, 0.5) is 11.4 Å². The minimum absolute atomic E-state index is 0.0189. The lowest BCUT2D eigenvalue weighted by Crippen LogP contribution is -2.36. The average Bonchev–Trinajstić information content (AvgIpc) is 3.25. The maximum atomic E-state index is 13.0. The molecule has 2 amide bonds. The third-order valence-corrected chi connectivity index (χ3v) is 5.37. The summed E-state index contributed by atoms with van der Waals surface area (Å²) in [5.74, 6) is 0.181. The summed E-state index contributed by atoms with van der Waals surface area (Å²) in [4.78, 5) is 28.9. The van der Waals surface area contributed by atoms with Gasteiger partial charge in [0.05, 0.1) is 18.1 Å². The van der Waals surface area contributed by atoms with Crippen molar-refractivity contribution in [2.45, 2.75) is 12.8 Å². The van der Waals surface area contributed by atoms with E-state index in [1.54, 1.807) is 30.2 Å². The van der Waals surface area contributed by atoms with Crippen molar-refractivity contribution in [2.24, 2.45) is 5.92 Å². The first-order valence-electron chi connectivity index (χ1n) is 8.61. The molecule has 1 unspecified atom stereocenters. The van der Waals surface area contributed by atoms with Crippen molar-refractivity contribution in [1.82, 2.24) is 0 Å². The molecule has 4 rings (SSSR count). The highest BCUT2D eigenvalue weighted by Crippen LogP contribution is 2.34. The van der Waals surface area contributed by atoms with Crippen molar-refractivity contribution in [3.63, 3.8) is 0 Å². The van der Waals surface area contributed by atoms with Crippen molar-refractivity contribution in [1.29, 1.82) is 0 Å². The Morgan fingerprint density at radius 1 is 1.23 bits per heavy atom. The van der Waals surface area contributed by atoms with Crippen molar-refractivity contribution < 1.29 is 14.3 Å². The van der Waals surface area contributed by atoms with Crippen molar-refractivity contribution >= 4 is 34.8 Å². The highest BCUT2D eigenvalue weighted by atomic mass is 35.5. The van der Waals surface area contributed by atoms with Crippen LogP contribution in [-0.2, 0) is 16.0 Å². The summed E-state index contributed by atoms with van der Waals surface area (Å²) in [6.07, 6.45) is 1.08. The van der Waals surface area contributed by atoms with E-state index in [1.807, 2.05) is 29.2 Å². The molecule has 2 aromatic rings. The number of nitrogens with zero attached hydrogens (tertiary/aromatic N) is 2. The van der Waals surface area contributed by atoms with Crippen LogP contribution in [0.15, 0.2) is 42.5 Å². The van der Waals surface area contributed by atoms with Crippen LogP contribution in [-0.4, -0.2) is 32.0 Å². The predicted molar refractivity (Wildman–Crippen MR) is 101 cm³/mol. The first kappa shape index (κ1) is 16.9. The molecule has 0 bridgehead atoms. The summed E-state index contributed by atoms with van der Waals surface area (Å²) in [6.45, 7) is 1.05. The standard InChI is InChI=1S/C20H19ClN2O3/c1-26-18-7-6-15(11-16(18)21)23-12-14(10-19(23)24)20(25)22-9-8-13-4-2-3-5-17(13)22/h2-7,11,14H,8-10,12H2,1H3. The van der Waals surface area contributed by atoms with Gasteiger partial charge in [0.1, 0.15) is 5.75 Å². The van der Waals surface area contributed by atoms with Gasteiger partial charge in [-0.2, -0.15) is 0 Å². The molecule has 134 valence electrons. The molecule has 6 heteroatoms. The number of carbonyl (C=O) groups is 2. The molecule has 2 aromatic carbocycles. The molecular formula is C20H19ClN2O3. The second-order valence-electron chi connectivity index (χ2n) is 6.59. The van der Waals surface area contributed by atoms with Gasteiger partial charge < -0.3 is 14.5 Å². The predicted octanol–water partition coefficient (Wildman–Crippen LogP) is 3.29. The maximum Gasteiger partial charge on any atom is 0.232 e. The van der Waals surface area contributed by atoms with Crippen LogP contribution < -0.4 is 14.5 Å². The number of ether oxygens (including phenoxy) is 1. The quantitative estimate of drug-likeness (QED) is 0.833. The van der Waals surface area contributed by atoms with Crippen LogP contribution in [0.25, 0.3) is 0 Å². The Labute approximate surface area is 157 Å². The average molecular weight is 371 g/mol. The smallest absolute Gasteiger partial charge is 0.232 e. The van der Waals surface area contributed by atoms with E-state index < -0.39 is 0 Å². The Kier molecular flexibility index (Phi) is 4.32. The molecule has 2 aliphatic rings. The summed E-state index contributed by atoms with van der Waals surface area (Å²) in [5.41, 5.74) is 2.85. The zero-order valence-electron chi connectivity index (χ0n) is 14.4. The van der Waals surface area contributed by atoms with Gasteiger partial charge in [0, 0.05) is 30.9 Å². The largest absolute Gasteiger partial charge is 0.495 e. The van der Waals surface area contributed by atoms with E-state index in [4.69, 9.17) is 16.3 Å². The fourth-order valence-corrected chi connectivity index (χ4v) is 3.99. The van der Waals surface area contributed by atoms with Crippen LogP contribution >= 0.6 is 11.6 Å². The van der Waals surface area contributed by atoms with Crippen LogP contribution in [0.1, 0.15) is 12.0 Å². The zero-order chi connectivity index (χ0) is 18.3. The molecule has 0 N–H and O–H groups in total. The Bertz CT molecular complexity index is 883. The molecule has 1 saturated heterocycles. The van der Waals surface area contributed by atoms with E-state index in [9.17, 15) is 9.59 Å². The van der Waals surface area contributed by atoms with E-state index in [-0.39, 0.29) is 24.2 Å². The van der Waals surface area contributed by atoms with Gasteiger partial charge in [-0.25, -0.2) is 0 Å². The molecule has 0 radical (unpaired) electrons. The Morgan fingerprint density at radius 2 is 2.04 bits per heavy atom. The lowest BCUT2D eigenvalue weighted by Gasteiger charge is -2.22. The van der Waals surface area contributed by atoms with E-state index in [1.165, 1.54) is 5.56 Å². The number of hydrogen-bond donors (Lipinski definition) is 0. The SMILES string of the molecule is COc1ccc(N2CC(C(=O)N3CCc4ccccc43)CC2=O)cc1Cl. The van der Waals surface area contributed by atoms with Crippen LogP contribution in [0.3, 0.4) is 0 Å². The number of halogens is 1. The van der Waals surface area contributed by atoms with Gasteiger partial charge in [-0.15, -0.1) is 0 Å². The van der Waals surface area contributed by atoms with Crippen LogP contribution in [0, 0.1) is 5.92 Å². The van der Waals surface area contributed by atoms with E-state index in [2.05, 4.69) is 0 Å². The van der Waals surface area contributed by atoms with Gasteiger partial charge >= 0.3 is 0 Å². The van der Waals surface area contributed by atoms with Gasteiger partial charge in [0.2, 0.25) is 11.8 Å². The van der Waals surface area contributed by atoms with Gasteiger partial charge in [-0.3, -0.25) is 9.59 Å². The van der Waals surface area contributed by atoms with Gasteiger partial charge in [0.25, 0.3) is 0 Å². The third-order valence-electron chi connectivity index (χ3n) is 5.07. The second kappa shape index (κ2) is 6.65. The number of para-hydroxylation sites is 1. The van der Waals surface area contributed by atoms with E-state index in [0.29, 0.717) is 29.5 Å². The molecule has 0 saturated carbocycles. The number of anilines is 2. The summed E-state index contributed by atoms with van der Waals surface area (Å²) in [5, 5.41) is 0.445. The number of carbonyl (C=O) groups excluding carboxylic acids is 2. The van der Waals surface area contributed by atoms with Crippen LogP contribution in [0.2, 0.25) is 5.02 Å². The number of benzene rings is 2.